The lowest BCUT2D eigenvalue weighted by Crippen LogP contribution is -2.13. The van der Waals surface area contributed by atoms with Gasteiger partial charge in [-0.2, -0.15) is 0 Å². The second-order valence-corrected chi connectivity index (χ2v) is 7.22. The van der Waals surface area contributed by atoms with Crippen molar-refractivity contribution in [2.75, 3.05) is 18.2 Å². The van der Waals surface area contributed by atoms with Gasteiger partial charge in [0.1, 0.15) is 11.5 Å². The Morgan fingerprint density at radius 1 is 1.14 bits per heavy atom. The fraction of sp³-hybridized carbons (Fsp3) is 0.167. The standard InChI is InChI=1S/C18H15Cl2N3O4S/c1-25-14-3-2-4-15(8-14)26-9-17-22-23-18(27-17)28-10-16(24)21-13-6-11(19)5-12(20)7-13/h2-8H,9-10H2,1H3,(H,21,24). The number of nitrogens with one attached hydrogen (secondary N) is 1. The summed E-state index contributed by atoms with van der Waals surface area (Å²) in [7, 11) is 1.58. The highest BCUT2D eigenvalue weighted by Crippen LogP contribution is 2.24. The van der Waals surface area contributed by atoms with Crippen LogP contribution in [0.2, 0.25) is 10.0 Å². The zero-order valence-corrected chi connectivity index (χ0v) is 17.0. The Morgan fingerprint density at radius 3 is 2.64 bits per heavy atom. The Bertz CT molecular complexity index is 947. The van der Waals surface area contributed by atoms with E-state index in [1.54, 1.807) is 37.4 Å². The summed E-state index contributed by atoms with van der Waals surface area (Å²) in [5.74, 6) is 1.43. The van der Waals surface area contributed by atoms with Crippen molar-refractivity contribution in [3.05, 3.63) is 58.4 Å². The fourth-order valence-electron chi connectivity index (χ4n) is 2.14. The van der Waals surface area contributed by atoms with Gasteiger partial charge in [-0.1, -0.05) is 41.0 Å². The number of methoxy groups -OCH3 is 1. The third-order valence-corrected chi connectivity index (χ3v) is 4.58. The first-order chi connectivity index (χ1) is 13.5. The average molecular weight is 440 g/mol. The monoisotopic (exact) mass is 439 g/mol. The SMILES string of the molecule is COc1cccc(OCc2nnc(SCC(=O)Nc3cc(Cl)cc(Cl)c3)o2)c1. The number of carbonyl (C=O) groups is 1. The van der Waals surface area contributed by atoms with E-state index in [0.717, 1.165) is 11.8 Å². The van der Waals surface area contributed by atoms with E-state index in [4.69, 9.17) is 37.1 Å². The normalized spacial score (nSPS) is 10.5. The lowest BCUT2D eigenvalue weighted by Gasteiger charge is -2.05. The quantitative estimate of drug-likeness (QED) is 0.509. The molecule has 0 saturated heterocycles. The molecule has 0 fully saturated rings. The Hall–Kier alpha value is -2.42. The molecule has 28 heavy (non-hydrogen) atoms. The predicted molar refractivity (Wildman–Crippen MR) is 107 cm³/mol. The number of nitrogens with zero attached hydrogens (tertiary/aromatic N) is 2. The molecule has 0 aliphatic rings. The second-order valence-electron chi connectivity index (χ2n) is 5.42. The number of thioether (sulfide) groups is 1. The van der Waals surface area contributed by atoms with E-state index >= 15 is 0 Å². The zero-order valence-electron chi connectivity index (χ0n) is 14.6. The van der Waals surface area contributed by atoms with Gasteiger partial charge in [-0.05, 0) is 30.3 Å². The van der Waals surface area contributed by atoms with Gasteiger partial charge in [0, 0.05) is 21.8 Å². The summed E-state index contributed by atoms with van der Waals surface area (Å²) < 4.78 is 16.2. The van der Waals surface area contributed by atoms with E-state index in [9.17, 15) is 4.79 Å². The van der Waals surface area contributed by atoms with E-state index in [0.29, 0.717) is 33.1 Å². The number of ether oxygens (including phenoxy) is 2. The van der Waals surface area contributed by atoms with Gasteiger partial charge in [0.05, 0.1) is 12.9 Å². The number of carbonyl (C=O) groups excluding carboxylic acids is 1. The summed E-state index contributed by atoms with van der Waals surface area (Å²) in [5, 5.41) is 11.6. The smallest absolute Gasteiger partial charge is 0.277 e. The number of hydrogen-bond donors (Lipinski definition) is 1. The molecule has 0 aliphatic carbocycles. The van der Waals surface area contributed by atoms with Crippen LogP contribution in [-0.4, -0.2) is 29.0 Å². The van der Waals surface area contributed by atoms with Crippen molar-refractivity contribution >= 4 is 46.6 Å². The van der Waals surface area contributed by atoms with E-state index in [2.05, 4.69) is 15.5 Å². The number of aromatic nitrogens is 2. The van der Waals surface area contributed by atoms with Crippen LogP contribution in [0.4, 0.5) is 5.69 Å². The number of benzene rings is 2. The van der Waals surface area contributed by atoms with E-state index in [1.165, 1.54) is 0 Å². The first-order valence-electron chi connectivity index (χ1n) is 8.00. The van der Waals surface area contributed by atoms with Gasteiger partial charge < -0.3 is 19.2 Å². The van der Waals surface area contributed by atoms with Gasteiger partial charge in [0.15, 0.2) is 6.61 Å². The van der Waals surface area contributed by atoms with Crippen molar-refractivity contribution in [3.63, 3.8) is 0 Å². The molecule has 10 heteroatoms. The molecule has 1 heterocycles. The third-order valence-electron chi connectivity index (χ3n) is 3.32. The van der Waals surface area contributed by atoms with Crippen LogP contribution in [0.1, 0.15) is 5.89 Å². The van der Waals surface area contributed by atoms with Crippen molar-refractivity contribution in [2.45, 2.75) is 11.8 Å². The molecule has 3 rings (SSSR count). The number of anilines is 1. The summed E-state index contributed by atoms with van der Waals surface area (Å²) in [5.41, 5.74) is 0.515. The van der Waals surface area contributed by atoms with Crippen molar-refractivity contribution in [2.24, 2.45) is 0 Å². The molecule has 0 atom stereocenters. The van der Waals surface area contributed by atoms with Gasteiger partial charge in [0.2, 0.25) is 5.91 Å². The lowest BCUT2D eigenvalue weighted by atomic mass is 10.3. The highest BCUT2D eigenvalue weighted by atomic mass is 35.5. The van der Waals surface area contributed by atoms with Crippen LogP contribution in [0.25, 0.3) is 0 Å². The molecule has 1 amide bonds. The van der Waals surface area contributed by atoms with Crippen molar-refractivity contribution in [1.29, 1.82) is 0 Å². The molecule has 1 N–H and O–H groups in total. The molecular weight excluding hydrogens is 425 g/mol. The maximum absolute atomic E-state index is 12.0. The van der Waals surface area contributed by atoms with Crippen LogP contribution in [-0.2, 0) is 11.4 Å². The predicted octanol–water partition coefficient (Wildman–Crippen LogP) is 4.69. The summed E-state index contributed by atoms with van der Waals surface area (Å²) in [6.07, 6.45) is 0. The zero-order chi connectivity index (χ0) is 19.9. The largest absolute Gasteiger partial charge is 0.497 e. The van der Waals surface area contributed by atoms with Crippen LogP contribution in [0.3, 0.4) is 0 Å². The third kappa shape index (κ3) is 6.05. The molecule has 0 radical (unpaired) electrons. The summed E-state index contributed by atoms with van der Waals surface area (Å²) in [4.78, 5) is 12.0. The Labute approximate surface area is 175 Å². The minimum Gasteiger partial charge on any atom is -0.497 e. The van der Waals surface area contributed by atoms with Gasteiger partial charge in [0.25, 0.3) is 11.1 Å². The average Bonchev–Trinajstić information content (AvgIpc) is 3.12. The molecular formula is C18H15Cl2N3O4S. The first-order valence-corrected chi connectivity index (χ1v) is 9.74. The van der Waals surface area contributed by atoms with Gasteiger partial charge in [-0.25, -0.2) is 0 Å². The van der Waals surface area contributed by atoms with Crippen LogP contribution >= 0.6 is 35.0 Å². The minimum absolute atomic E-state index is 0.0858. The van der Waals surface area contributed by atoms with E-state index < -0.39 is 0 Å². The molecule has 0 unspecified atom stereocenters. The molecule has 0 spiro atoms. The summed E-state index contributed by atoms with van der Waals surface area (Å²) in [6, 6.07) is 12.0. The van der Waals surface area contributed by atoms with Gasteiger partial charge in [-0.3, -0.25) is 4.79 Å². The number of amides is 1. The number of halogens is 2. The van der Waals surface area contributed by atoms with Gasteiger partial charge >= 0.3 is 0 Å². The topological polar surface area (TPSA) is 86.5 Å². The molecule has 0 bridgehead atoms. The number of rotatable bonds is 8. The van der Waals surface area contributed by atoms with Crippen LogP contribution in [0.15, 0.2) is 52.1 Å². The second kappa shape index (κ2) is 9.68. The van der Waals surface area contributed by atoms with Crippen LogP contribution in [0, 0.1) is 0 Å². The molecule has 2 aromatic carbocycles. The Kier molecular flexibility index (Phi) is 7.02. The Morgan fingerprint density at radius 2 is 1.89 bits per heavy atom. The maximum Gasteiger partial charge on any atom is 0.277 e. The summed E-state index contributed by atoms with van der Waals surface area (Å²) in [6.45, 7) is 0.105. The molecule has 0 saturated carbocycles. The minimum atomic E-state index is -0.254. The van der Waals surface area contributed by atoms with Crippen molar-refractivity contribution < 1.29 is 18.7 Å². The molecule has 3 aromatic rings. The van der Waals surface area contributed by atoms with Crippen molar-refractivity contribution in [1.82, 2.24) is 10.2 Å². The fourth-order valence-corrected chi connectivity index (χ4v) is 3.25. The maximum atomic E-state index is 12.0. The van der Waals surface area contributed by atoms with Gasteiger partial charge in [-0.15, -0.1) is 10.2 Å². The number of hydrogen-bond acceptors (Lipinski definition) is 7. The Balaban J connectivity index is 1.48. The molecule has 146 valence electrons. The van der Waals surface area contributed by atoms with Crippen LogP contribution < -0.4 is 14.8 Å². The molecule has 1 aromatic heterocycles. The summed E-state index contributed by atoms with van der Waals surface area (Å²) >= 11 is 12.9. The first kappa shape index (κ1) is 20.3. The molecule has 7 nitrogen and oxygen atoms in total. The van der Waals surface area contributed by atoms with Crippen LogP contribution in [0.5, 0.6) is 11.5 Å². The molecule has 0 aliphatic heterocycles. The highest BCUT2D eigenvalue weighted by Gasteiger charge is 2.11. The van der Waals surface area contributed by atoms with E-state index in [-0.39, 0.29) is 23.5 Å². The van der Waals surface area contributed by atoms with Crippen molar-refractivity contribution in [3.8, 4) is 11.5 Å². The van der Waals surface area contributed by atoms with E-state index in [1.807, 2.05) is 12.1 Å². The highest BCUT2D eigenvalue weighted by molar-refractivity contribution is 7.99. The lowest BCUT2D eigenvalue weighted by molar-refractivity contribution is -0.113.